The molecule has 8 nitrogen and oxygen atoms in total. The molecule has 5 rings (SSSR count). The number of nitriles is 1. The maximum Gasteiger partial charge on any atom is 0.242 e. The quantitative estimate of drug-likeness (QED) is 0.375. The summed E-state index contributed by atoms with van der Waals surface area (Å²) >= 11 is 1.53. The summed E-state index contributed by atoms with van der Waals surface area (Å²) in [4.78, 5) is 12.0. The highest BCUT2D eigenvalue weighted by molar-refractivity contribution is 7.90. The van der Waals surface area contributed by atoms with Crippen LogP contribution in [-0.4, -0.2) is 48.7 Å². The summed E-state index contributed by atoms with van der Waals surface area (Å²) in [7, 11) is -3.19. The first-order valence-corrected chi connectivity index (χ1v) is 14.2. The van der Waals surface area contributed by atoms with Crippen molar-refractivity contribution in [3.8, 4) is 17.7 Å². The molecule has 1 fully saturated rings. The molecule has 184 valence electrons. The zero-order chi connectivity index (χ0) is 25.4. The summed E-state index contributed by atoms with van der Waals surface area (Å²) in [5.41, 5.74) is 4.25. The van der Waals surface area contributed by atoms with Crippen LogP contribution in [0.2, 0.25) is 0 Å². The number of likely N-dealkylation sites (tertiary alicyclic amines) is 1. The molecule has 36 heavy (non-hydrogen) atoms. The van der Waals surface area contributed by atoms with Gasteiger partial charge in [-0.05, 0) is 66.2 Å². The van der Waals surface area contributed by atoms with E-state index >= 15 is 0 Å². The summed E-state index contributed by atoms with van der Waals surface area (Å²) < 4.78 is 30.4. The van der Waals surface area contributed by atoms with Crippen molar-refractivity contribution in [3.05, 3.63) is 70.1 Å². The summed E-state index contributed by atoms with van der Waals surface area (Å²) in [5.74, 6) is 1.71. The van der Waals surface area contributed by atoms with Gasteiger partial charge in [0.25, 0.3) is 0 Å². The number of thiophene rings is 1. The fourth-order valence-corrected chi connectivity index (χ4v) is 5.70. The first-order chi connectivity index (χ1) is 17.2. The number of hydrogen-bond acceptors (Lipinski definition) is 9. The molecule has 2 aromatic carbocycles. The van der Waals surface area contributed by atoms with Crippen LogP contribution in [0.5, 0.6) is 11.6 Å². The first-order valence-electron chi connectivity index (χ1n) is 11.4. The number of aryl methyl sites for hydroxylation is 2. The van der Waals surface area contributed by atoms with E-state index in [9.17, 15) is 13.7 Å². The molecule has 0 radical (unpaired) electrons. The minimum Gasteiger partial charge on any atom is -0.437 e. The van der Waals surface area contributed by atoms with Crippen LogP contribution in [0.15, 0.2) is 52.7 Å². The Hall–Kier alpha value is -3.52. The van der Waals surface area contributed by atoms with Crippen molar-refractivity contribution in [1.82, 2.24) is 14.9 Å². The lowest BCUT2D eigenvalue weighted by Gasteiger charge is -2.39. The standard InChI is InChI=1S/C26H25N5O3S2/c1-16-10-19(12-27)11-17(2)23(16)34-25-24-22(8-9-35-24)29-26(30-25)28-20-14-31(15-20)13-18-4-6-21(7-5-18)36(3,32)33/h4-11,20H,13-15H2,1-3H3,(H,28,29,30). The molecule has 0 amide bonds. The van der Waals surface area contributed by atoms with Gasteiger partial charge in [0, 0.05) is 25.9 Å². The Morgan fingerprint density at radius 3 is 2.47 bits per heavy atom. The second kappa shape index (κ2) is 9.50. The van der Waals surface area contributed by atoms with Crippen molar-refractivity contribution in [2.75, 3.05) is 24.7 Å². The van der Waals surface area contributed by atoms with Gasteiger partial charge in [-0.25, -0.2) is 13.4 Å². The van der Waals surface area contributed by atoms with Crippen molar-refractivity contribution in [1.29, 1.82) is 5.26 Å². The SMILES string of the molecule is Cc1cc(C#N)cc(C)c1Oc1nc(NC2CN(Cc3ccc(S(C)(=O)=O)cc3)C2)nc2ccsc12. The molecule has 0 spiro atoms. The van der Waals surface area contributed by atoms with E-state index in [-0.39, 0.29) is 6.04 Å². The van der Waals surface area contributed by atoms with Gasteiger partial charge in [0.1, 0.15) is 10.4 Å². The summed E-state index contributed by atoms with van der Waals surface area (Å²) in [6.45, 7) is 6.24. The van der Waals surface area contributed by atoms with Crippen LogP contribution >= 0.6 is 11.3 Å². The molecule has 2 aromatic heterocycles. The second-order valence-electron chi connectivity index (χ2n) is 9.09. The van der Waals surface area contributed by atoms with E-state index in [1.165, 1.54) is 17.6 Å². The number of aromatic nitrogens is 2. The van der Waals surface area contributed by atoms with Crippen molar-refractivity contribution in [2.24, 2.45) is 0 Å². The Morgan fingerprint density at radius 2 is 1.83 bits per heavy atom. The fraction of sp³-hybridized carbons (Fsp3) is 0.269. The Bertz CT molecular complexity index is 1560. The Balaban J connectivity index is 1.27. The number of anilines is 1. The van der Waals surface area contributed by atoms with Crippen molar-refractivity contribution in [2.45, 2.75) is 31.3 Å². The molecule has 10 heteroatoms. The molecular formula is C26H25N5O3S2. The predicted molar refractivity (Wildman–Crippen MR) is 140 cm³/mol. The van der Waals surface area contributed by atoms with Crippen LogP contribution in [0.1, 0.15) is 22.3 Å². The Morgan fingerprint density at radius 1 is 1.14 bits per heavy atom. The average Bonchev–Trinajstić information content (AvgIpc) is 3.28. The number of fused-ring (bicyclic) bond motifs is 1. The van der Waals surface area contributed by atoms with Gasteiger partial charge in [0.2, 0.25) is 11.8 Å². The largest absolute Gasteiger partial charge is 0.437 e. The number of hydrogen-bond donors (Lipinski definition) is 1. The van der Waals surface area contributed by atoms with Gasteiger partial charge in [0.05, 0.1) is 28.1 Å². The molecule has 1 aliphatic heterocycles. The molecule has 0 saturated carbocycles. The number of benzene rings is 2. The molecule has 3 heterocycles. The van der Waals surface area contributed by atoms with Crippen LogP contribution in [0.4, 0.5) is 5.95 Å². The van der Waals surface area contributed by atoms with Gasteiger partial charge in [-0.1, -0.05) is 12.1 Å². The lowest BCUT2D eigenvalue weighted by atomic mass is 10.1. The molecule has 0 unspecified atom stereocenters. The van der Waals surface area contributed by atoms with Crippen molar-refractivity contribution in [3.63, 3.8) is 0 Å². The molecule has 1 saturated heterocycles. The van der Waals surface area contributed by atoms with Gasteiger partial charge in [-0.3, -0.25) is 4.90 Å². The monoisotopic (exact) mass is 519 g/mol. The van der Waals surface area contributed by atoms with Gasteiger partial charge in [-0.15, -0.1) is 11.3 Å². The lowest BCUT2D eigenvalue weighted by molar-refractivity contribution is 0.152. The van der Waals surface area contributed by atoms with Crippen LogP contribution < -0.4 is 10.1 Å². The third kappa shape index (κ3) is 5.04. The maximum absolute atomic E-state index is 11.6. The minimum absolute atomic E-state index is 0.197. The van der Waals surface area contributed by atoms with E-state index in [1.807, 2.05) is 49.6 Å². The highest BCUT2D eigenvalue weighted by Crippen LogP contribution is 2.35. The Labute approximate surface area is 214 Å². The normalized spacial score (nSPS) is 14.4. The molecule has 1 aliphatic rings. The number of rotatable bonds is 7. The fourth-order valence-electron chi connectivity index (χ4n) is 4.32. The molecular weight excluding hydrogens is 494 g/mol. The topological polar surface area (TPSA) is 108 Å². The average molecular weight is 520 g/mol. The van der Waals surface area contributed by atoms with E-state index in [0.717, 1.165) is 46.5 Å². The van der Waals surface area contributed by atoms with E-state index in [1.54, 1.807) is 12.1 Å². The van der Waals surface area contributed by atoms with E-state index < -0.39 is 9.84 Å². The zero-order valence-corrected chi connectivity index (χ0v) is 21.8. The van der Waals surface area contributed by atoms with E-state index in [2.05, 4.69) is 26.3 Å². The molecule has 0 aliphatic carbocycles. The van der Waals surface area contributed by atoms with Crippen molar-refractivity contribution >= 4 is 37.3 Å². The van der Waals surface area contributed by atoms with Gasteiger partial charge in [0.15, 0.2) is 9.84 Å². The van der Waals surface area contributed by atoms with E-state index in [4.69, 9.17) is 4.74 Å². The number of nitrogens with zero attached hydrogens (tertiary/aromatic N) is 4. The maximum atomic E-state index is 11.6. The first kappa shape index (κ1) is 24.2. The number of sulfone groups is 1. The van der Waals surface area contributed by atoms with Gasteiger partial charge >= 0.3 is 0 Å². The zero-order valence-electron chi connectivity index (χ0n) is 20.1. The van der Waals surface area contributed by atoms with Crippen LogP contribution in [-0.2, 0) is 16.4 Å². The third-order valence-corrected chi connectivity index (χ3v) is 8.13. The van der Waals surface area contributed by atoms with E-state index in [0.29, 0.717) is 28.0 Å². The van der Waals surface area contributed by atoms with Crippen LogP contribution in [0.3, 0.4) is 0 Å². The van der Waals surface area contributed by atoms with Crippen molar-refractivity contribution < 1.29 is 13.2 Å². The van der Waals surface area contributed by atoms with Gasteiger partial charge in [-0.2, -0.15) is 10.2 Å². The van der Waals surface area contributed by atoms with Gasteiger partial charge < -0.3 is 10.1 Å². The highest BCUT2D eigenvalue weighted by atomic mass is 32.2. The smallest absolute Gasteiger partial charge is 0.242 e. The Kier molecular flexibility index (Phi) is 6.38. The molecule has 4 aromatic rings. The number of nitrogens with one attached hydrogen (secondary N) is 1. The molecule has 0 bridgehead atoms. The molecule has 0 atom stereocenters. The highest BCUT2D eigenvalue weighted by Gasteiger charge is 2.28. The third-order valence-electron chi connectivity index (χ3n) is 6.11. The second-order valence-corrected chi connectivity index (χ2v) is 12.0. The van der Waals surface area contributed by atoms with Crippen LogP contribution in [0, 0.1) is 25.2 Å². The predicted octanol–water partition coefficient (Wildman–Crippen LogP) is 4.67. The molecule has 1 N–H and O–H groups in total. The summed E-state index contributed by atoms with van der Waals surface area (Å²) in [5, 5.41) is 14.6. The minimum atomic E-state index is -3.19. The number of ether oxygens (including phenoxy) is 1. The summed E-state index contributed by atoms with van der Waals surface area (Å²) in [6, 6.07) is 15.0. The van der Waals surface area contributed by atoms with Crippen LogP contribution in [0.25, 0.3) is 10.2 Å². The summed E-state index contributed by atoms with van der Waals surface area (Å²) in [6.07, 6.45) is 1.21. The lowest BCUT2D eigenvalue weighted by Crippen LogP contribution is -2.54.